The highest BCUT2D eigenvalue weighted by Gasteiger charge is 2.37. The van der Waals surface area contributed by atoms with Crippen LogP contribution < -0.4 is 0 Å². The van der Waals surface area contributed by atoms with Crippen LogP contribution in [0.15, 0.2) is 12.1 Å². The van der Waals surface area contributed by atoms with Crippen molar-refractivity contribution < 1.29 is 9.58 Å². The average molecular weight is 208 g/mol. The van der Waals surface area contributed by atoms with Gasteiger partial charge in [-0.2, -0.15) is 0 Å². The third kappa shape index (κ3) is 1.10. The van der Waals surface area contributed by atoms with Crippen molar-refractivity contribution in [3.8, 4) is 0 Å². The smallest absolute Gasteiger partial charge is 0.281 e. The summed E-state index contributed by atoms with van der Waals surface area (Å²) in [6.45, 7) is 1.93. The lowest BCUT2D eigenvalue weighted by molar-refractivity contribution is -0.119. The number of rotatable bonds is 0. The molecule has 0 spiro atoms. The Morgan fingerprint density at radius 3 is 2.79 bits per heavy atom. The molecule has 0 atom stereocenters. The van der Waals surface area contributed by atoms with Gasteiger partial charge < -0.3 is 0 Å². The molecule has 0 saturated carbocycles. The van der Waals surface area contributed by atoms with E-state index in [1.165, 1.54) is 0 Å². The molecule has 0 aromatic heterocycles. The monoisotopic (exact) mass is 207 g/mol. The van der Waals surface area contributed by atoms with Crippen LogP contribution in [0.2, 0.25) is 5.02 Å². The van der Waals surface area contributed by atoms with Crippen LogP contribution in [-0.4, -0.2) is 16.3 Å². The number of ketones is 1. The Balaban J connectivity index is 2.76. The molecule has 3 nitrogen and oxygen atoms in total. The first-order chi connectivity index (χ1) is 6.65. The van der Waals surface area contributed by atoms with Gasteiger partial charge >= 0.3 is 5.71 Å². The second kappa shape index (κ2) is 3.05. The zero-order valence-electron chi connectivity index (χ0n) is 7.60. The molecule has 0 aliphatic heterocycles. The molecular weight excluding hydrogens is 200 g/mol. The number of halogens is 1. The lowest BCUT2D eigenvalue weighted by Crippen LogP contribution is -2.08. The predicted molar refractivity (Wildman–Crippen MR) is 52.2 cm³/mol. The van der Waals surface area contributed by atoms with Gasteiger partial charge in [-0.25, -0.2) is 0 Å². The van der Waals surface area contributed by atoms with E-state index < -0.39 is 0 Å². The predicted octanol–water partition coefficient (Wildman–Crippen LogP) is 2.07. The second-order valence-electron chi connectivity index (χ2n) is 3.28. The summed E-state index contributed by atoms with van der Waals surface area (Å²) in [7, 11) is 0. The van der Waals surface area contributed by atoms with E-state index in [1.54, 1.807) is 6.07 Å². The number of fused-ring (bicyclic) bond motifs is 1. The van der Waals surface area contributed by atoms with Crippen LogP contribution in [0.5, 0.6) is 0 Å². The molecular formula is C10H8ClN2O+. The molecule has 0 radical (unpaired) electrons. The Labute approximate surface area is 85.9 Å². The fraction of sp³-hybridized carbons (Fsp3) is 0.200. The summed E-state index contributed by atoms with van der Waals surface area (Å²) >= 11 is 5.92. The zero-order valence-corrected chi connectivity index (χ0v) is 8.35. The first-order valence-corrected chi connectivity index (χ1v) is 4.59. The van der Waals surface area contributed by atoms with E-state index in [4.69, 9.17) is 17.1 Å². The number of nitrogens with one attached hydrogen (secondary N) is 1. The van der Waals surface area contributed by atoms with E-state index in [1.807, 2.05) is 13.0 Å². The fourth-order valence-corrected chi connectivity index (χ4v) is 1.94. The number of aryl methyl sites for hydroxylation is 1. The van der Waals surface area contributed by atoms with Crippen molar-refractivity contribution in [2.45, 2.75) is 13.3 Å². The molecule has 2 rings (SSSR count). The van der Waals surface area contributed by atoms with Gasteiger partial charge in [-0.15, -0.1) is 0 Å². The number of Topliss-reactive ketones (excluding diaryl/α,β-unsaturated/α-hetero) is 1. The average Bonchev–Trinajstić information content (AvgIpc) is 2.51. The highest BCUT2D eigenvalue weighted by molar-refractivity contribution is 6.51. The lowest BCUT2D eigenvalue weighted by atomic mass is 10.0. The van der Waals surface area contributed by atoms with Gasteiger partial charge in [0.05, 0.1) is 27.3 Å². The summed E-state index contributed by atoms with van der Waals surface area (Å²) < 4.78 is 0. The van der Waals surface area contributed by atoms with Gasteiger partial charge in [0.25, 0.3) is 5.78 Å². The molecule has 70 valence electrons. The van der Waals surface area contributed by atoms with Crippen LogP contribution in [0.25, 0.3) is 0 Å². The van der Waals surface area contributed by atoms with E-state index in [2.05, 4.69) is 4.79 Å². The largest absolute Gasteiger partial charge is 0.392 e. The van der Waals surface area contributed by atoms with Crippen LogP contribution in [0, 0.1) is 12.5 Å². The maximum absolute atomic E-state index is 11.7. The normalized spacial score (nSPS) is 14.1. The molecule has 14 heavy (non-hydrogen) atoms. The lowest BCUT2D eigenvalue weighted by Gasteiger charge is -2.01. The van der Waals surface area contributed by atoms with Gasteiger partial charge in [-0.05, 0) is 24.1 Å². The van der Waals surface area contributed by atoms with E-state index in [0.29, 0.717) is 17.0 Å². The van der Waals surface area contributed by atoms with Crippen molar-refractivity contribution in [1.29, 1.82) is 5.53 Å². The first kappa shape index (κ1) is 9.13. The topological polar surface area (TPSA) is 55.0 Å². The second-order valence-corrected chi connectivity index (χ2v) is 3.69. The highest BCUT2D eigenvalue weighted by Crippen LogP contribution is 2.29. The number of nitrogens with zero attached hydrogens (tertiary/aromatic N) is 1. The summed E-state index contributed by atoms with van der Waals surface area (Å²) in [5, 5.41) is 0.453. The third-order valence-electron chi connectivity index (χ3n) is 2.46. The summed E-state index contributed by atoms with van der Waals surface area (Å²) in [6, 6.07) is 3.59. The van der Waals surface area contributed by atoms with Gasteiger partial charge in [-0.1, -0.05) is 17.7 Å². The standard InChI is InChI=1S/C10H8ClN2O/c1-5-2-3-7(11)9-6(5)4-8(13-12)10(9)14/h2-3,12H,4H2,1H3/q+1. The van der Waals surface area contributed by atoms with Crippen LogP contribution in [0.1, 0.15) is 21.5 Å². The molecule has 0 saturated heterocycles. The molecule has 4 heteroatoms. The Kier molecular flexibility index (Phi) is 1.99. The minimum absolute atomic E-state index is 0.205. The van der Waals surface area contributed by atoms with Gasteiger partial charge in [-0.3, -0.25) is 4.79 Å². The van der Waals surface area contributed by atoms with E-state index in [0.717, 1.165) is 11.1 Å². The zero-order chi connectivity index (χ0) is 10.3. The van der Waals surface area contributed by atoms with Gasteiger partial charge in [0.2, 0.25) is 0 Å². The third-order valence-corrected chi connectivity index (χ3v) is 2.78. The number of carbonyl (C=O) groups excluding carboxylic acids is 1. The van der Waals surface area contributed by atoms with E-state index in [9.17, 15) is 4.79 Å². The minimum Gasteiger partial charge on any atom is -0.281 e. The molecule has 0 heterocycles. The summed E-state index contributed by atoms with van der Waals surface area (Å²) in [4.78, 5) is 14.9. The summed E-state index contributed by atoms with van der Waals surface area (Å²) in [6.07, 6.45) is 0.435. The van der Waals surface area contributed by atoms with E-state index in [-0.39, 0.29) is 11.5 Å². The molecule has 0 bridgehead atoms. The van der Waals surface area contributed by atoms with Crippen LogP contribution in [-0.2, 0) is 6.42 Å². The molecule has 1 N–H and O–H groups in total. The molecule has 0 fully saturated rings. The number of carbonyl (C=O) groups is 1. The van der Waals surface area contributed by atoms with Gasteiger partial charge in [0.15, 0.2) is 0 Å². The molecule has 1 aliphatic carbocycles. The Bertz CT molecular complexity index is 487. The molecule has 1 aromatic carbocycles. The van der Waals surface area contributed by atoms with Crippen LogP contribution in [0.3, 0.4) is 0 Å². The van der Waals surface area contributed by atoms with Crippen LogP contribution >= 0.6 is 11.6 Å². The van der Waals surface area contributed by atoms with Crippen molar-refractivity contribution in [3.05, 3.63) is 33.8 Å². The molecule has 1 aromatic rings. The van der Waals surface area contributed by atoms with Crippen LogP contribution in [0.4, 0.5) is 0 Å². The Hall–Kier alpha value is -1.44. The first-order valence-electron chi connectivity index (χ1n) is 4.21. The van der Waals surface area contributed by atoms with Crippen molar-refractivity contribution in [2.24, 2.45) is 0 Å². The van der Waals surface area contributed by atoms with Gasteiger partial charge in [0.1, 0.15) is 0 Å². The number of hydrogen-bond acceptors (Lipinski definition) is 2. The van der Waals surface area contributed by atoms with Crippen molar-refractivity contribution in [2.75, 3.05) is 0 Å². The fourth-order valence-electron chi connectivity index (χ4n) is 1.68. The minimum atomic E-state index is -0.205. The van der Waals surface area contributed by atoms with Gasteiger partial charge in [0, 0.05) is 0 Å². The van der Waals surface area contributed by atoms with E-state index >= 15 is 0 Å². The maximum atomic E-state index is 11.7. The van der Waals surface area contributed by atoms with Crippen molar-refractivity contribution in [3.63, 3.8) is 0 Å². The van der Waals surface area contributed by atoms with Crippen molar-refractivity contribution >= 4 is 23.1 Å². The quantitative estimate of drug-likeness (QED) is 0.514. The SMILES string of the molecule is Cc1ccc(Cl)c2c1CC(=[N+]=N)C2=O. The number of benzene rings is 1. The van der Waals surface area contributed by atoms with Crippen molar-refractivity contribution in [1.82, 2.24) is 0 Å². The Morgan fingerprint density at radius 2 is 2.21 bits per heavy atom. The summed E-state index contributed by atoms with van der Waals surface area (Å²) in [5.74, 6) is -0.205. The number of hydrogen-bond donors (Lipinski definition) is 1. The highest BCUT2D eigenvalue weighted by atomic mass is 35.5. The molecule has 1 aliphatic rings. The maximum Gasteiger partial charge on any atom is 0.392 e. The Morgan fingerprint density at radius 1 is 1.50 bits per heavy atom. The molecule has 0 unspecified atom stereocenters. The molecule has 0 amide bonds. The summed E-state index contributed by atoms with van der Waals surface area (Å²) in [5.41, 5.74) is 9.61.